The molecule has 0 spiro atoms. The van der Waals surface area contributed by atoms with Crippen LogP contribution in [0.25, 0.3) is 0 Å². The molecule has 0 unspecified atom stereocenters. The lowest BCUT2D eigenvalue weighted by atomic mass is 10.2. The van der Waals surface area contributed by atoms with E-state index in [2.05, 4.69) is 39.3 Å². The molecule has 3 N–H and O–H groups in total. The molecule has 1 amide bonds. The Morgan fingerprint density at radius 1 is 1.44 bits per heavy atom. The number of hydrogen-bond acceptors (Lipinski definition) is 4. The van der Waals surface area contributed by atoms with Gasteiger partial charge >= 0.3 is 0 Å². The third-order valence-corrected chi connectivity index (χ3v) is 8.35. The summed E-state index contributed by atoms with van der Waals surface area (Å²) in [5.74, 6) is 6.07. The van der Waals surface area contributed by atoms with E-state index in [0.717, 1.165) is 5.75 Å². The monoisotopic (exact) mass is 264 g/mol. The van der Waals surface area contributed by atoms with Crippen molar-refractivity contribution in [1.29, 1.82) is 0 Å². The number of carbonyl (C=O) groups excluding carboxylic acids is 1. The van der Waals surface area contributed by atoms with Crippen molar-refractivity contribution in [3.63, 3.8) is 0 Å². The van der Waals surface area contributed by atoms with Crippen molar-refractivity contribution in [3.8, 4) is 0 Å². The smallest absolute Gasteiger partial charge is 0.243 e. The van der Waals surface area contributed by atoms with E-state index in [1.165, 1.54) is 0 Å². The Bertz CT molecular complexity index is 229. The van der Waals surface area contributed by atoms with Crippen LogP contribution in [0.1, 0.15) is 20.8 Å². The highest BCUT2D eigenvalue weighted by atomic mass is 32.2. The van der Waals surface area contributed by atoms with Gasteiger partial charge in [0.15, 0.2) is 8.32 Å². The van der Waals surface area contributed by atoms with E-state index in [9.17, 15) is 4.79 Å². The first-order valence-electron chi connectivity index (χ1n) is 5.42. The molecule has 0 radical (unpaired) electrons. The average molecular weight is 264 g/mol. The maximum atomic E-state index is 10.8. The van der Waals surface area contributed by atoms with E-state index < -0.39 is 8.32 Å². The molecule has 0 saturated carbocycles. The van der Waals surface area contributed by atoms with Crippen LogP contribution >= 0.6 is 11.8 Å². The Kier molecular flexibility index (Phi) is 6.62. The van der Waals surface area contributed by atoms with Gasteiger partial charge in [-0.1, -0.05) is 20.8 Å². The molecular formula is C10H24N2O2SSi. The highest BCUT2D eigenvalue weighted by Crippen LogP contribution is 2.36. The van der Waals surface area contributed by atoms with Crippen LogP contribution in [0.5, 0.6) is 0 Å². The van der Waals surface area contributed by atoms with E-state index in [1.54, 1.807) is 11.8 Å². The molecular weight excluding hydrogens is 240 g/mol. The summed E-state index contributed by atoms with van der Waals surface area (Å²) in [6, 6.07) is 0. The van der Waals surface area contributed by atoms with Gasteiger partial charge in [0.25, 0.3) is 0 Å². The first-order chi connectivity index (χ1) is 7.20. The Labute approximate surface area is 104 Å². The largest absolute Gasteiger partial charge is 0.416 e. The number of carbonyl (C=O) groups is 1. The highest BCUT2D eigenvalue weighted by Gasteiger charge is 2.36. The molecule has 6 heteroatoms. The van der Waals surface area contributed by atoms with Gasteiger partial charge in [-0.2, -0.15) is 0 Å². The Hall–Kier alpha value is -0.0431. The Balaban J connectivity index is 3.71. The fourth-order valence-electron chi connectivity index (χ4n) is 0.779. The molecule has 0 aromatic heterocycles. The lowest BCUT2D eigenvalue weighted by Gasteiger charge is -2.36. The maximum absolute atomic E-state index is 10.8. The summed E-state index contributed by atoms with van der Waals surface area (Å²) < 4.78 is 5.96. The Morgan fingerprint density at radius 2 is 2.00 bits per heavy atom. The highest BCUT2D eigenvalue weighted by molar-refractivity contribution is 7.99. The summed E-state index contributed by atoms with van der Waals surface area (Å²) in [6.45, 7) is 11.8. The van der Waals surface area contributed by atoms with Crippen LogP contribution < -0.4 is 11.3 Å². The summed E-state index contributed by atoms with van der Waals surface area (Å²) in [4.78, 5) is 10.8. The molecule has 0 saturated heterocycles. The first kappa shape index (κ1) is 16.0. The molecule has 0 bridgehead atoms. The van der Waals surface area contributed by atoms with Crippen LogP contribution in [0, 0.1) is 0 Å². The van der Waals surface area contributed by atoms with Crippen molar-refractivity contribution in [1.82, 2.24) is 5.43 Å². The molecule has 0 aliphatic rings. The van der Waals surface area contributed by atoms with Gasteiger partial charge in [-0.05, 0) is 18.1 Å². The van der Waals surface area contributed by atoms with Crippen molar-refractivity contribution < 1.29 is 9.22 Å². The van der Waals surface area contributed by atoms with Gasteiger partial charge in [0.2, 0.25) is 5.91 Å². The quantitative estimate of drug-likeness (QED) is 0.252. The molecule has 0 fully saturated rings. The number of amides is 1. The molecule has 0 aliphatic carbocycles. The number of thioether (sulfide) groups is 1. The van der Waals surface area contributed by atoms with Gasteiger partial charge < -0.3 is 4.43 Å². The topological polar surface area (TPSA) is 64.3 Å². The van der Waals surface area contributed by atoms with Crippen LogP contribution in [-0.2, 0) is 9.22 Å². The third kappa shape index (κ3) is 5.88. The van der Waals surface area contributed by atoms with Crippen LogP contribution in [0.3, 0.4) is 0 Å². The fraction of sp³-hybridized carbons (Fsp3) is 0.900. The van der Waals surface area contributed by atoms with Gasteiger partial charge in [0, 0.05) is 12.4 Å². The zero-order valence-corrected chi connectivity index (χ0v) is 12.7. The van der Waals surface area contributed by atoms with Crippen molar-refractivity contribution in [3.05, 3.63) is 0 Å². The van der Waals surface area contributed by atoms with E-state index >= 15 is 0 Å². The van der Waals surface area contributed by atoms with Gasteiger partial charge in [-0.15, -0.1) is 11.8 Å². The number of hydrogen-bond donors (Lipinski definition) is 2. The predicted octanol–water partition coefficient (Wildman–Crippen LogP) is 1.73. The van der Waals surface area contributed by atoms with Crippen molar-refractivity contribution in [2.24, 2.45) is 5.84 Å². The average Bonchev–Trinajstić information content (AvgIpc) is 2.15. The van der Waals surface area contributed by atoms with Gasteiger partial charge in [-0.25, -0.2) is 5.84 Å². The second-order valence-corrected chi connectivity index (χ2v) is 11.1. The first-order valence-corrected chi connectivity index (χ1v) is 9.48. The zero-order valence-electron chi connectivity index (χ0n) is 10.9. The van der Waals surface area contributed by atoms with Crippen molar-refractivity contribution in [2.45, 2.75) is 38.9 Å². The van der Waals surface area contributed by atoms with Crippen LogP contribution in [0.15, 0.2) is 0 Å². The van der Waals surface area contributed by atoms with Crippen LogP contribution in [0.2, 0.25) is 18.1 Å². The van der Waals surface area contributed by atoms with Crippen LogP contribution in [0.4, 0.5) is 0 Å². The minimum atomic E-state index is -1.63. The minimum absolute atomic E-state index is 0.141. The summed E-state index contributed by atoms with van der Waals surface area (Å²) in [5.41, 5.74) is 2.10. The van der Waals surface area contributed by atoms with Crippen molar-refractivity contribution in [2.75, 3.05) is 18.1 Å². The molecule has 0 atom stereocenters. The minimum Gasteiger partial charge on any atom is -0.416 e. The summed E-state index contributed by atoms with van der Waals surface area (Å²) >= 11 is 1.54. The molecule has 0 rings (SSSR count). The summed E-state index contributed by atoms with van der Waals surface area (Å²) in [5, 5.41) is 0.242. The maximum Gasteiger partial charge on any atom is 0.243 e. The second kappa shape index (κ2) is 6.63. The summed E-state index contributed by atoms with van der Waals surface area (Å²) in [7, 11) is -1.63. The zero-order chi connectivity index (χ0) is 12.8. The normalized spacial score (nSPS) is 12.6. The number of nitrogens with one attached hydrogen (secondary N) is 1. The number of nitrogens with two attached hydrogens (primary N) is 1. The van der Waals surface area contributed by atoms with E-state index in [-0.39, 0.29) is 10.9 Å². The van der Waals surface area contributed by atoms with E-state index in [1.807, 2.05) is 0 Å². The molecule has 96 valence electrons. The predicted molar refractivity (Wildman–Crippen MR) is 72.8 cm³/mol. The lowest BCUT2D eigenvalue weighted by molar-refractivity contribution is -0.118. The molecule has 0 aromatic carbocycles. The molecule has 0 heterocycles. The molecule has 16 heavy (non-hydrogen) atoms. The van der Waals surface area contributed by atoms with Gasteiger partial charge in [0.05, 0.1) is 5.75 Å². The number of hydrazine groups is 1. The van der Waals surface area contributed by atoms with E-state index in [4.69, 9.17) is 10.3 Å². The van der Waals surface area contributed by atoms with Gasteiger partial charge in [-0.3, -0.25) is 10.2 Å². The van der Waals surface area contributed by atoms with E-state index in [0.29, 0.717) is 12.4 Å². The molecule has 0 aliphatic heterocycles. The third-order valence-electron chi connectivity index (χ3n) is 2.89. The summed E-state index contributed by atoms with van der Waals surface area (Å²) in [6.07, 6.45) is 0. The fourth-order valence-corrected chi connectivity index (χ4v) is 2.59. The second-order valence-electron chi connectivity index (χ2n) is 5.23. The molecule has 0 aromatic rings. The Morgan fingerprint density at radius 3 is 2.44 bits per heavy atom. The molecule has 4 nitrogen and oxygen atoms in total. The van der Waals surface area contributed by atoms with Crippen molar-refractivity contribution >= 4 is 26.0 Å². The number of rotatable bonds is 6. The SMILES string of the molecule is CC(C)(C)[Si](C)(C)OCCSCC(=O)NN. The standard InChI is InChI=1S/C10H24N2O2SSi/c1-10(2,3)16(4,5)14-6-7-15-8-9(13)12-11/h6-8,11H2,1-5H3,(H,12,13). The van der Waals surface area contributed by atoms with Crippen LogP contribution in [-0.4, -0.2) is 32.3 Å². The van der Waals surface area contributed by atoms with Gasteiger partial charge in [0.1, 0.15) is 0 Å². The lowest BCUT2D eigenvalue weighted by Crippen LogP contribution is -2.41.